The minimum Gasteiger partial charge on any atom is -0.444 e. The van der Waals surface area contributed by atoms with Crippen molar-refractivity contribution in [1.82, 2.24) is 19.8 Å². The van der Waals surface area contributed by atoms with Crippen molar-refractivity contribution in [3.8, 4) is 0 Å². The Balaban J connectivity index is 1.68. The van der Waals surface area contributed by atoms with Crippen LogP contribution in [0.15, 0.2) is 6.20 Å². The highest BCUT2D eigenvalue weighted by Gasteiger charge is 2.29. The predicted octanol–water partition coefficient (Wildman–Crippen LogP) is 1.48. The Morgan fingerprint density at radius 3 is 2.52 bits per heavy atom. The second kappa shape index (κ2) is 5.96. The molecule has 0 saturated carbocycles. The summed E-state index contributed by atoms with van der Waals surface area (Å²) in [6.45, 7) is 10.5. The number of hydrogen-bond donors (Lipinski definition) is 0. The van der Waals surface area contributed by atoms with Gasteiger partial charge in [0.15, 0.2) is 0 Å². The van der Waals surface area contributed by atoms with E-state index in [4.69, 9.17) is 4.74 Å². The van der Waals surface area contributed by atoms with Crippen LogP contribution in [0.2, 0.25) is 0 Å². The van der Waals surface area contributed by atoms with Gasteiger partial charge in [0, 0.05) is 37.9 Å². The van der Waals surface area contributed by atoms with Crippen LogP contribution >= 0.6 is 0 Å². The first-order valence-corrected chi connectivity index (χ1v) is 8.08. The number of fused-ring (bicyclic) bond motifs is 1. The maximum atomic E-state index is 12.2. The monoisotopic (exact) mass is 319 g/mol. The highest BCUT2D eigenvalue weighted by Crippen LogP contribution is 2.24. The van der Waals surface area contributed by atoms with Gasteiger partial charge in [-0.05, 0) is 27.8 Å². The highest BCUT2D eigenvalue weighted by molar-refractivity contribution is 5.69. The molecule has 0 atom stereocenters. The molecule has 7 nitrogen and oxygen atoms in total. The van der Waals surface area contributed by atoms with Crippen LogP contribution in [-0.4, -0.2) is 64.7 Å². The van der Waals surface area contributed by atoms with Crippen molar-refractivity contribution in [2.45, 2.75) is 39.5 Å². The molecule has 2 aliphatic rings. The summed E-state index contributed by atoms with van der Waals surface area (Å²) >= 11 is 0. The van der Waals surface area contributed by atoms with E-state index in [0.717, 1.165) is 43.4 Å². The third-order valence-electron chi connectivity index (χ3n) is 4.08. The van der Waals surface area contributed by atoms with Gasteiger partial charge in [-0.25, -0.2) is 14.8 Å². The quantitative estimate of drug-likeness (QED) is 0.781. The molecule has 0 spiro atoms. The molecule has 126 valence electrons. The zero-order valence-electron chi connectivity index (χ0n) is 14.4. The largest absolute Gasteiger partial charge is 0.444 e. The Kier molecular flexibility index (Phi) is 4.14. The molecule has 1 amide bonds. The number of carbonyl (C=O) groups excluding carboxylic acids is 1. The normalized spacial score (nSPS) is 19.0. The number of aromatic nitrogens is 2. The van der Waals surface area contributed by atoms with E-state index in [1.54, 1.807) is 4.90 Å². The fourth-order valence-electron chi connectivity index (χ4n) is 2.76. The second-order valence-electron chi connectivity index (χ2n) is 7.27. The van der Waals surface area contributed by atoms with Gasteiger partial charge < -0.3 is 14.5 Å². The van der Waals surface area contributed by atoms with Gasteiger partial charge in [-0.1, -0.05) is 0 Å². The summed E-state index contributed by atoms with van der Waals surface area (Å²) in [6.07, 6.45) is 1.55. The maximum Gasteiger partial charge on any atom is 0.410 e. The Labute approximate surface area is 137 Å². The number of carbonyl (C=O) groups is 1. The summed E-state index contributed by atoms with van der Waals surface area (Å²) in [4.78, 5) is 27.5. The molecule has 1 saturated heterocycles. The van der Waals surface area contributed by atoms with Gasteiger partial charge in [0.05, 0.1) is 18.8 Å². The fourth-order valence-corrected chi connectivity index (χ4v) is 2.76. The van der Waals surface area contributed by atoms with Gasteiger partial charge >= 0.3 is 6.09 Å². The van der Waals surface area contributed by atoms with E-state index in [2.05, 4.69) is 26.8 Å². The maximum absolute atomic E-state index is 12.2. The number of likely N-dealkylation sites (N-methyl/N-ethyl adjacent to an activating group) is 1. The molecule has 0 aromatic carbocycles. The summed E-state index contributed by atoms with van der Waals surface area (Å²) < 4.78 is 5.43. The molecule has 0 N–H and O–H groups in total. The van der Waals surface area contributed by atoms with Crippen LogP contribution in [0.25, 0.3) is 0 Å². The van der Waals surface area contributed by atoms with E-state index in [1.807, 2.05) is 27.0 Å². The minimum absolute atomic E-state index is 0.295. The summed E-state index contributed by atoms with van der Waals surface area (Å²) in [5, 5.41) is 0. The minimum atomic E-state index is -0.484. The molecule has 7 heteroatoms. The molecular weight excluding hydrogens is 294 g/mol. The fraction of sp³-hybridized carbons (Fsp3) is 0.688. The molecular formula is C16H25N5O2. The average molecular weight is 319 g/mol. The molecule has 0 aliphatic carbocycles. The van der Waals surface area contributed by atoms with Crippen LogP contribution in [0.5, 0.6) is 0 Å². The molecule has 3 rings (SSSR count). The molecule has 0 radical (unpaired) electrons. The van der Waals surface area contributed by atoms with Gasteiger partial charge in [0.1, 0.15) is 5.60 Å². The standard InChI is InChI=1S/C16H25N5O2/c1-16(2,3)23-15(22)21-10-12-9-17-14(18-13(12)11-21)20-7-5-19(4)6-8-20/h9H,5-8,10-11H2,1-4H3. The van der Waals surface area contributed by atoms with E-state index < -0.39 is 5.60 Å². The summed E-state index contributed by atoms with van der Waals surface area (Å²) in [5.41, 5.74) is 1.45. The van der Waals surface area contributed by atoms with Gasteiger partial charge in [-0.15, -0.1) is 0 Å². The van der Waals surface area contributed by atoms with Gasteiger partial charge in [-0.2, -0.15) is 0 Å². The van der Waals surface area contributed by atoms with Crippen molar-refractivity contribution in [3.05, 3.63) is 17.5 Å². The van der Waals surface area contributed by atoms with Crippen LogP contribution in [0.3, 0.4) is 0 Å². The molecule has 1 aromatic rings. The first-order valence-electron chi connectivity index (χ1n) is 8.08. The van der Waals surface area contributed by atoms with Crippen LogP contribution in [0.1, 0.15) is 32.0 Å². The van der Waals surface area contributed by atoms with Gasteiger partial charge in [-0.3, -0.25) is 4.90 Å². The molecule has 3 heterocycles. The second-order valence-corrected chi connectivity index (χ2v) is 7.27. The highest BCUT2D eigenvalue weighted by atomic mass is 16.6. The molecule has 0 unspecified atom stereocenters. The molecule has 1 fully saturated rings. The van der Waals surface area contributed by atoms with E-state index in [-0.39, 0.29) is 6.09 Å². The lowest BCUT2D eigenvalue weighted by atomic mass is 10.2. The lowest BCUT2D eigenvalue weighted by molar-refractivity contribution is 0.0240. The molecule has 1 aromatic heterocycles. The topological polar surface area (TPSA) is 61.8 Å². The van der Waals surface area contributed by atoms with Crippen LogP contribution in [0, 0.1) is 0 Å². The number of nitrogens with zero attached hydrogens (tertiary/aromatic N) is 5. The lowest BCUT2D eigenvalue weighted by Gasteiger charge is -2.32. The average Bonchev–Trinajstić information content (AvgIpc) is 2.89. The van der Waals surface area contributed by atoms with E-state index in [1.165, 1.54) is 0 Å². The van der Waals surface area contributed by atoms with Crippen molar-refractivity contribution in [2.24, 2.45) is 0 Å². The number of rotatable bonds is 1. The number of anilines is 1. The number of amides is 1. The van der Waals surface area contributed by atoms with Crippen LogP contribution in [0.4, 0.5) is 10.7 Å². The number of piperazine rings is 1. The number of hydrogen-bond acceptors (Lipinski definition) is 6. The molecule has 23 heavy (non-hydrogen) atoms. The van der Waals surface area contributed by atoms with E-state index in [0.29, 0.717) is 13.1 Å². The smallest absolute Gasteiger partial charge is 0.410 e. The van der Waals surface area contributed by atoms with Crippen LogP contribution < -0.4 is 4.90 Å². The van der Waals surface area contributed by atoms with Crippen molar-refractivity contribution in [3.63, 3.8) is 0 Å². The molecule has 2 aliphatic heterocycles. The Hall–Kier alpha value is -1.89. The lowest BCUT2D eigenvalue weighted by Crippen LogP contribution is -2.45. The van der Waals surface area contributed by atoms with Crippen LogP contribution in [-0.2, 0) is 17.8 Å². The third-order valence-corrected chi connectivity index (χ3v) is 4.08. The number of ether oxygens (including phenoxy) is 1. The zero-order valence-corrected chi connectivity index (χ0v) is 14.4. The van der Waals surface area contributed by atoms with Gasteiger partial charge in [0.25, 0.3) is 0 Å². The first-order chi connectivity index (χ1) is 10.8. The zero-order chi connectivity index (χ0) is 16.6. The summed E-state index contributed by atoms with van der Waals surface area (Å²) in [6, 6.07) is 0. The van der Waals surface area contributed by atoms with E-state index in [9.17, 15) is 4.79 Å². The van der Waals surface area contributed by atoms with Crippen molar-refractivity contribution >= 4 is 12.0 Å². The predicted molar refractivity (Wildman–Crippen MR) is 87.2 cm³/mol. The Bertz CT molecular complexity index is 591. The Morgan fingerprint density at radius 2 is 1.87 bits per heavy atom. The Morgan fingerprint density at radius 1 is 1.17 bits per heavy atom. The molecule has 0 bridgehead atoms. The summed E-state index contributed by atoms with van der Waals surface area (Å²) in [7, 11) is 2.12. The van der Waals surface area contributed by atoms with Crippen molar-refractivity contribution < 1.29 is 9.53 Å². The third kappa shape index (κ3) is 3.72. The summed E-state index contributed by atoms with van der Waals surface area (Å²) in [5.74, 6) is 0.767. The van der Waals surface area contributed by atoms with Gasteiger partial charge in [0.2, 0.25) is 5.95 Å². The van der Waals surface area contributed by atoms with Crippen molar-refractivity contribution in [1.29, 1.82) is 0 Å². The van der Waals surface area contributed by atoms with E-state index >= 15 is 0 Å². The first kappa shape index (κ1) is 16.0. The SMILES string of the molecule is CN1CCN(c2ncc3c(n2)CN(C(=O)OC(C)(C)C)C3)CC1. The van der Waals surface area contributed by atoms with Crippen molar-refractivity contribution in [2.75, 3.05) is 38.1 Å².